The van der Waals surface area contributed by atoms with Crippen LogP contribution >= 0.6 is 11.8 Å². The summed E-state index contributed by atoms with van der Waals surface area (Å²) < 4.78 is 7.66. The molecule has 10 unspecified atom stereocenters. The van der Waals surface area contributed by atoms with E-state index in [2.05, 4.69) is 349 Å². The van der Waals surface area contributed by atoms with Gasteiger partial charge in [-0.1, -0.05) is 250 Å². The molecule has 4 aliphatic heterocycles. The van der Waals surface area contributed by atoms with Crippen LogP contribution < -0.4 is 35.3 Å². The molecule has 0 amide bonds. The fourth-order valence-corrected chi connectivity index (χ4v) is 20.5. The van der Waals surface area contributed by atoms with E-state index >= 15 is 0 Å². The number of fused-ring (bicyclic) bond motifs is 8. The number of anilines is 6. The molecule has 2 saturated heterocycles. The van der Waals surface area contributed by atoms with E-state index in [0.717, 1.165) is 44.3 Å². The van der Waals surface area contributed by atoms with E-state index in [-0.39, 0.29) is 65.2 Å². The van der Waals surface area contributed by atoms with Gasteiger partial charge in [-0.15, -0.1) is 0 Å². The Bertz CT molecular complexity index is 4650. The Labute approximate surface area is 572 Å². The maximum Gasteiger partial charge on any atom is 0.225 e. The summed E-state index contributed by atoms with van der Waals surface area (Å²) in [5, 5.41) is 0.453. The summed E-state index contributed by atoms with van der Waals surface area (Å²) in [6, 6.07) is 102. The van der Waals surface area contributed by atoms with Crippen molar-refractivity contribution >= 4 is 70.2 Å². The smallest absolute Gasteiger partial charge is 0.225 e. The minimum Gasteiger partial charge on any atom is -0.491 e. The molecule has 10 aromatic rings. The van der Waals surface area contributed by atoms with Crippen molar-refractivity contribution in [3.05, 3.63) is 320 Å². The van der Waals surface area contributed by atoms with Crippen LogP contribution in [0.25, 0.3) is 33.4 Å². The van der Waals surface area contributed by atoms with Gasteiger partial charge in [-0.3, -0.25) is 0 Å². The lowest BCUT2D eigenvalue weighted by Gasteiger charge is -2.60. The van der Waals surface area contributed by atoms with Crippen LogP contribution in [0.15, 0.2) is 314 Å². The number of hydrogen-bond donors (Lipinski definition) is 0. The van der Waals surface area contributed by atoms with Crippen molar-refractivity contribution in [1.29, 1.82) is 0 Å². The SMILES string of the molecule is CC(C)(C)c1ccc(-c2ccccc2N2C3=CC4SC5CC(N(c6ccc(-c7ccccc7)cc6)c6cccc(-c7ccccc7)c6)=CC6C5B(c5ccccc5N6c5ccccc5)C4C=C3B3c4ccccc4OC4CC(N(c5ccccc5)C5CC=CCC5)CC2C34)cc1. The standard InChI is InChI=1S/C88H80B2N4OS/c1-88(2,3)64-48-44-62(45-49-64)72-38-19-22-41-77(72)94-79-58-84-76(57-75(79)90-74-40-21-24-43-82(74)95-83-55-70(53-80(94)86(83)90)91(65-31-13-6-14-32-65)66-33-15-7-16-34-66)89-73-39-20-23-42-78(73)93(67-35-17-8-18-36-67)81-54-71(56-85(96-84)87(81)89)92(68-50-46-61(47-51-68)59-26-9-4-10-27-59)69-37-25-30-63(52-69)60-28-11-5-12-29-60/h4-15,17-32,35-52,54,57-58,66,70,76,80-81,83-87H,16,33-34,53,55-56H2,1-3H3. The summed E-state index contributed by atoms with van der Waals surface area (Å²) in [6.45, 7) is 7.38. The molecule has 4 aliphatic carbocycles. The largest absolute Gasteiger partial charge is 0.491 e. The lowest BCUT2D eigenvalue weighted by atomic mass is 9.23. The van der Waals surface area contributed by atoms with E-state index in [9.17, 15) is 0 Å². The molecule has 0 aromatic heterocycles. The first-order chi connectivity index (χ1) is 47.3. The van der Waals surface area contributed by atoms with Gasteiger partial charge in [-0.25, -0.2) is 0 Å². The molecule has 18 rings (SSSR count). The lowest BCUT2D eigenvalue weighted by Crippen LogP contribution is -2.67. The second-order valence-electron chi connectivity index (χ2n) is 29.1. The van der Waals surface area contributed by atoms with Crippen molar-refractivity contribution in [3.63, 3.8) is 0 Å². The second-order valence-corrected chi connectivity index (χ2v) is 30.5. The van der Waals surface area contributed by atoms with E-state index in [0.29, 0.717) is 11.9 Å². The van der Waals surface area contributed by atoms with Crippen molar-refractivity contribution in [2.24, 2.45) is 0 Å². The highest BCUT2D eigenvalue weighted by atomic mass is 32.2. The minimum atomic E-state index is -0.00277. The summed E-state index contributed by atoms with van der Waals surface area (Å²) in [5.74, 6) is 1.79. The van der Waals surface area contributed by atoms with Gasteiger partial charge in [-0.2, -0.15) is 11.8 Å². The summed E-state index contributed by atoms with van der Waals surface area (Å²) in [7, 11) is 0. The fraction of sp³-hybridized carbons (Fsp3) is 0.227. The van der Waals surface area contributed by atoms with Gasteiger partial charge >= 0.3 is 0 Å². The molecule has 96 heavy (non-hydrogen) atoms. The maximum atomic E-state index is 7.66. The number of para-hydroxylation sites is 5. The molecular formula is C88H80B2N4OS. The van der Waals surface area contributed by atoms with Gasteiger partial charge in [0.25, 0.3) is 0 Å². The van der Waals surface area contributed by atoms with Crippen LogP contribution in [-0.4, -0.2) is 54.2 Å². The van der Waals surface area contributed by atoms with Crippen molar-refractivity contribution in [1.82, 2.24) is 0 Å². The van der Waals surface area contributed by atoms with Crippen LogP contribution in [-0.2, 0) is 5.41 Å². The number of nitrogens with zero attached hydrogens (tertiary/aromatic N) is 4. The van der Waals surface area contributed by atoms with Gasteiger partial charge in [-0.05, 0) is 167 Å². The average Bonchev–Trinajstić information content (AvgIpc) is 0.694. The Morgan fingerprint density at radius 1 is 0.510 bits per heavy atom. The highest BCUT2D eigenvalue weighted by molar-refractivity contribution is 8.01. The van der Waals surface area contributed by atoms with Crippen LogP contribution in [0.2, 0.25) is 17.5 Å². The summed E-state index contributed by atoms with van der Waals surface area (Å²) in [5.41, 5.74) is 23.3. The normalized spacial score (nSPS) is 24.3. The molecule has 4 heterocycles. The van der Waals surface area contributed by atoms with E-state index in [1.807, 2.05) is 0 Å². The molecule has 1 saturated carbocycles. The van der Waals surface area contributed by atoms with E-state index < -0.39 is 0 Å². The minimum absolute atomic E-state index is 0.00277. The Hall–Kier alpha value is -9.36. The maximum absolute atomic E-state index is 7.66. The Morgan fingerprint density at radius 2 is 1.15 bits per heavy atom. The van der Waals surface area contributed by atoms with Gasteiger partial charge in [0.05, 0.1) is 12.1 Å². The molecule has 3 fully saturated rings. The molecular weight excluding hydrogens is 1180 g/mol. The van der Waals surface area contributed by atoms with Gasteiger partial charge < -0.3 is 24.3 Å². The molecule has 0 radical (unpaired) electrons. The van der Waals surface area contributed by atoms with Gasteiger partial charge in [0, 0.05) is 91.9 Å². The second kappa shape index (κ2) is 24.4. The number of thioether (sulfide) groups is 1. The highest BCUT2D eigenvalue weighted by Gasteiger charge is 2.62. The quantitative estimate of drug-likeness (QED) is 0.0944. The number of benzene rings is 10. The van der Waals surface area contributed by atoms with Crippen LogP contribution in [0.3, 0.4) is 0 Å². The van der Waals surface area contributed by atoms with E-state index in [1.165, 1.54) is 101 Å². The lowest BCUT2D eigenvalue weighted by molar-refractivity contribution is 0.121. The zero-order valence-corrected chi connectivity index (χ0v) is 55.9. The molecule has 5 nitrogen and oxygen atoms in total. The first kappa shape index (κ1) is 59.2. The number of rotatable bonds is 11. The predicted octanol–water partition coefficient (Wildman–Crippen LogP) is 20.1. The average molecular weight is 1260 g/mol. The highest BCUT2D eigenvalue weighted by Crippen LogP contribution is 2.62. The van der Waals surface area contributed by atoms with Gasteiger partial charge in [0.2, 0.25) is 6.71 Å². The third-order valence-corrected chi connectivity index (χ3v) is 24.4. The number of allylic oxidation sites excluding steroid dienone is 4. The molecule has 0 bridgehead atoms. The first-order valence-electron chi connectivity index (χ1n) is 35.3. The van der Waals surface area contributed by atoms with Crippen molar-refractivity contribution in [2.45, 2.75) is 123 Å². The summed E-state index contributed by atoms with van der Waals surface area (Å²) in [6.07, 6.45) is 19.5. The zero-order chi connectivity index (χ0) is 64.0. The fourth-order valence-electron chi connectivity index (χ4n) is 18.7. The molecule has 8 heteroatoms. The Kier molecular flexibility index (Phi) is 15.0. The van der Waals surface area contributed by atoms with Crippen LogP contribution in [0, 0.1) is 0 Å². The molecule has 10 aromatic carbocycles. The van der Waals surface area contributed by atoms with Crippen molar-refractivity contribution in [3.8, 4) is 39.1 Å². The topological polar surface area (TPSA) is 22.2 Å². The number of hydrogen-bond acceptors (Lipinski definition) is 6. The Balaban J connectivity index is 0.833. The third kappa shape index (κ3) is 10.3. The third-order valence-electron chi connectivity index (χ3n) is 22.8. The zero-order valence-electron chi connectivity index (χ0n) is 55.1. The van der Waals surface area contributed by atoms with E-state index in [4.69, 9.17) is 4.74 Å². The van der Waals surface area contributed by atoms with Gasteiger partial charge in [0.1, 0.15) is 5.75 Å². The van der Waals surface area contributed by atoms with Crippen LogP contribution in [0.4, 0.5) is 34.1 Å². The summed E-state index contributed by atoms with van der Waals surface area (Å²) in [4.78, 5) is 11.1. The predicted molar refractivity (Wildman–Crippen MR) is 407 cm³/mol. The van der Waals surface area contributed by atoms with Gasteiger partial charge in [0.15, 0.2) is 6.71 Å². The van der Waals surface area contributed by atoms with Crippen LogP contribution in [0.1, 0.15) is 64.9 Å². The molecule has 10 atom stereocenters. The number of ether oxygens (including phenoxy) is 1. The monoisotopic (exact) mass is 1260 g/mol. The Morgan fingerprint density at radius 3 is 1.89 bits per heavy atom. The molecule has 8 aliphatic rings. The van der Waals surface area contributed by atoms with Crippen molar-refractivity contribution in [2.75, 3.05) is 19.6 Å². The van der Waals surface area contributed by atoms with E-state index in [1.54, 1.807) is 0 Å². The van der Waals surface area contributed by atoms with Crippen LogP contribution in [0.5, 0.6) is 5.75 Å². The molecule has 0 N–H and O–H groups in total. The summed E-state index contributed by atoms with van der Waals surface area (Å²) >= 11 is 2.28. The molecule has 470 valence electrons. The first-order valence-corrected chi connectivity index (χ1v) is 36.3. The molecule has 0 spiro atoms. The van der Waals surface area contributed by atoms with Crippen molar-refractivity contribution < 1.29 is 4.74 Å².